The van der Waals surface area contributed by atoms with Crippen molar-refractivity contribution in [3.8, 4) is 22.9 Å². The van der Waals surface area contributed by atoms with Gasteiger partial charge in [-0.25, -0.2) is 0 Å². The molecule has 0 unspecified atom stereocenters. The summed E-state index contributed by atoms with van der Waals surface area (Å²) in [4.78, 5) is 12.5. The summed E-state index contributed by atoms with van der Waals surface area (Å²) in [5, 5.41) is 4.73. The molecule has 18 aromatic rings. The van der Waals surface area contributed by atoms with Gasteiger partial charge in [0.05, 0.1) is 44.8 Å². The third-order valence-corrected chi connectivity index (χ3v) is 22.2. The van der Waals surface area contributed by atoms with Gasteiger partial charge in [-0.1, -0.05) is 231 Å². The van der Waals surface area contributed by atoms with Crippen LogP contribution in [-0.4, -0.2) is 22.6 Å². The van der Waals surface area contributed by atoms with Crippen LogP contribution < -0.4 is 62.0 Å². The highest BCUT2D eigenvalue weighted by Crippen LogP contribution is 2.54. The van der Waals surface area contributed by atoms with E-state index >= 15 is 0 Å². The van der Waals surface area contributed by atoms with E-state index in [9.17, 15) is 0 Å². The van der Waals surface area contributed by atoms with Crippen molar-refractivity contribution in [1.82, 2.24) is 9.13 Å². The summed E-state index contributed by atoms with van der Waals surface area (Å²) < 4.78 is 13.1. The predicted octanol–water partition coefficient (Wildman–Crippen LogP) is 21.3. The lowest BCUT2D eigenvalue weighted by Crippen LogP contribution is -2.64. The van der Waals surface area contributed by atoms with Gasteiger partial charge in [-0.05, 0) is 172 Å². The van der Waals surface area contributed by atoms with Crippen molar-refractivity contribution >= 4 is 175 Å². The molecule has 4 aliphatic rings. The maximum Gasteiger partial charge on any atom is 0.256 e. The van der Waals surface area contributed by atoms with Gasteiger partial charge in [-0.3, -0.25) is 0 Å². The Morgan fingerprint density at radius 3 is 0.991 bits per heavy atom. The third kappa shape index (κ3) is 8.98. The van der Waals surface area contributed by atoms with Gasteiger partial charge < -0.3 is 38.4 Å². The van der Waals surface area contributed by atoms with Crippen molar-refractivity contribution in [2.45, 2.75) is 0 Å². The van der Waals surface area contributed by atoms with E-state index in [0.717, 1.165) is 141 Å². The topological polar surface area (TPSA) is 35.3 Å². The average Bonchev–Trinajstić information content (AvgIpc) is 1.15. The minimum Gasteiger partial charge on any atom is -0.458 e. The van der Waals surface area contributed by atoms with E-state index in [4.69, 9.17) is 4.74 Å². The van der Waals surface area contributed by atoms with Crippen molar-refractivity contribution in [2.24, 2.45) is 0 Å². The van der Waals surface area contributed by atoms with Gasteiger partial charge in [-0.2, -0.15) is 0 Å². The summed E-state index contributed by atoms with van der Waals surface area (Å²) in [6.45, 7) is -0.648. The molecule has 0 radical (unpaired) electrons. The summed E-state index contributed by atoms with van der Waals surface area (Å²) in [6.07, 6.45) is 0. The minimum atomic E-state index is -0.331. The molecule has 106 heavy (non-hydrogen) atoms. The molecule has 0 saturated heterocycles. The fourth-order valence-electron chi connectivity index (χ4n) is 18.0. The van der Waals surface area contributed by atoms with Crippen LogP contribution in [0.3, 0.4) is 0 Å². The number of nitrogens with zero attached hydrogens (tertiary/aromatic N) is 7. The minimum absolute atomic E-state index is 0.316. The molecule has 0 spiro atoms. The summed E-state index contributed by atoms with van der Waals surface area (Å²) >= 11 is 0. The lowest BCUT2D eigenvalue weighted by atomic mass is 9.30. The molecular weight excluding hydrogens is 1290 g/mol. The molecule has 494 valence electrons. The Labute approximate surface area is 614 Å². The smallest absolute Gasteiger partial charge is 0.256 e. The van der Waals surface area contributed by atoms with Crippen LogP contribution in [0.1, 0.15) is 0 Å². The molecule has 22 rings (SSSR count). The van der Waals surface area contributed by atoms with Crippen LogP contribution in [0.5, 0.6) is 11.5 Å². The first-order valence-electron chi connectivity index (χ1n) is 36.5. The first kappa shape index (κ1) is 59.7. The van der Waals surface area contributed by atoms with E-state index in [1.807, 2.05) is 0 Å². The van der Waals surface area contributed by atoms with Crippen LogP contribution >= 0.6 is 0 Å². The molecule has 2 aromatic heterocycles. The van der Waals surface area contributed by atoms with Gasteiger partial charge >= 0.3 is 0 Å². The van der Waals surface area contributed by atoms with Gasteiger partial charge in [-0.15, -0.1) is 0 Å². The standard InChI is InChI=1S/C96H63B2N7O/c1-10-32-64(33-11-1)99(65-34-12-2-13-35-65)73-58-86-91-87(59-73)104(71-46-24-8-25-47-71)95-79(56-54-77-75-50-28-30-52-83(75)102(93(77)95)69-42-20-6-21-43-69)97(91)81-62-82-89(63-85(81)101(86)68-40-18-5-19-41-68)106-90-61-74(100(66-36-14-3-15-37-66)67-38-16-4-17-39-67)60-88-92(90)98(82)80-57-55-78-76-51-29-31-53-84(76)103(70-44-22-7-23-45-70)94(78)96(80)105(88)72-48-26-9-27-49-72/h1-63H. The van der Waals surface area contributed by atoms with Crippen molar-refractivity contribution in [3.63, 3.8) is 0 Å². The van der Waals surface area contributed by atoms with Crippen molar-refractivity contribution in [2.75, 3.05) is 24.5 Å². The van der Waals surface area contributed by atoms with Crippen molar-refractivity contribution in [1.29, 1.82) is 0 Å². The normalized spacial score (nSPS) is 12.9. The van der Waals surface area contributed by atoms with E-state index in [1.54, 1.807) is 0 Å². The molecule has 0 fully saturated rings. The first-order valence-corrected chi connectivity index (χ1v) is 36.5. The zero-order valence-corrected chi connectivity index (χ0v) is 57.6. The molecule has 0 saturated carbocycles. The van der Waals surface area contributed by atoms with Crippen molar-refractivity contribution in [3.05, 3.63) is 382 Å². The summed E-state index contributed by atoms with van der Waals surface area (Å²) in [7, 11) is 0. The molecular formula is C96H63B2N7O. The van der Waals surface area contributed by atoms with Crippen LogP contribution in [0.4, 0.5) is 85.3 Å². The van der Waals surface area contributed by atoms with Gasteiger partial charge in [0.25, 0.3) is 13.4 Å². The molecule has 8 nitrogen and oxygen atoms in total. The SMILES string of the molecule is c1ccc(N(c2ccccc2)c2cc3c4c(c2)N(c2ccccc2)c2c(ccc5c6ccccc6n(-c6ccccc6)c25)B4c2cc4c(cc2O3)N(c2ccccc2)c2cc(N(c3ccccc3)c3ccccc3)cc3c2B4c2ccc4c5ccccc5n(-c5ccccc5)c4c2N3c2ccccc2)cc1. The highest BCUT2D eigenvalue weighted by molar-refractivity contribution is 7.03. The van der Waals surface area contributed by atoms with E-state index in [-0.39, 0.29) is 13.4 Å². The molecule has 10 heteroatoms. The molecule has 0 N–H and O–H groups in total. The molecule has 0 amide bonds. The second-order valence-electron chi connectivity index (χ2n) is 27.9. The molecule has 0 bridgehead atoms. The van der Waals surface area contributed by atoms with Gasteiger partial charge in [0.2, 0.25) is 0 Å². The maximum atomic E-state index is 8.03. The highest BCUT2D eigenvalue weighted by Gasteiger charge is 2.50. The summed E-state index contributed by atoms with van der Waals surface area (Å²) in [5.74, 6) is 1.59. The Morgan fingerprint density at radius 1 is 0.226 bits per heavy atom. The number of para-hydroxylation sites is 11. The summed E-state index contributed by atoms with van der Waals surface area (Å²) in [6, 6.07) is 140. The first-order chi connectivity index (χ1) is 52.7. The molecule has 6 heterocycles. The van der Waals surface area contributed by atoms with Crippen LogP contribution in [0, 0.1) is 0 Å². The Bertz CT molecular complexity index is 6430. The lowest BCUT2D eigenvalue weighted by molar-refractivity contribution is 0.488. The van der Waals surface area contributed by atoms with E-state index in [1.165, 1.54) is 43.4 Å². The number of rotatable bonds is 11. The van der Waals surface area contributed by atoms with Gasteiger partial charge in [0.15, 0.2) is 0 Å². The number of aromatic nitrogens is 2. The lowest BCUT2D eigenvalue weighted by Gasteiger charge is -2.46. The molecule has 4 aliphatic heterocycles. The number of ether oxygens (including phenoxy) is 1. The Morgan fingerprint density at radius 2 is 0.566 bits per heavy atom. The monoisotopic (exact) mass is 1350 g/mol. The highest BCUT2D eigenvalue weighted by atomic mass is 16.5. The van der Waals surface area contributed by atoms with E-state index in [0.29, 0.717) is 0 Å². The number of anilines is 15. The Balaban J connectivity index is 0.891. The fraction of sp³-hybridized carbons (Fsp3) is 0. The second kappa shape index (κ2) is 23.8. The maximum absolute atomic E-state index is 8.03. The predicted molar refractivity (Wildman–Crippen MR) is 444 cm³/mol. The number of hydrogen-bond acceptors (Lipinski definition) is 6. The Hall–Kier alpha value is -14.0. The number of benzene rings is 16. The summed E-state index contributed by atoms with van der Waals surface area (Å²) in [5.41, 5.74) is 29.5. The molecule has 16 aromatic carbocycles. The zero-order chi connectivity index (χ0) is 69.5. The third-order valence-electron chi connectivity index (χ3n) is 22.2. The molecule has 0 atom stereocenters. The number of hydrogen-bond donors (Lipinski definition) is 0. The number of fused-ring (bicyclic) bond motifs is 16. The van der Waals surface area contributed by atoms with E-state index in [2.05, 4.69) is 416 Å². The fourth-order valence-corrected chi connectivity index (χ4v) is 18.0. The van der Waals surface area contributed by atoms with E-state index < -0.39 is 0 Å². The van der Waals surface area contributed by atoms with Gasteiger partial charge in [0, 0.05) is 108 Å². The quantitative estimate of drug-likeness (QED) is 0.120. The largest absolute Gasteiger partial charge is 0.458 e. The Kier molecular flexibility index (Phi) is 13.4. The van der Waals surface area contributed by atoms with Gasteiger partial charge in [0.1, 0.15) is 11.5 Å². The van der Waals surface area contributed by atoms with Crippen LogP contribution in [0.15, 0.2) is 382 Å². The van der Waals surface area contributed by atoms with Crippen LogP contribution in [0.25, 0.3) is 55.0 Å². The van der Waals surface area contributed by atoms with Crippen LogP contribution in [-0.2, 0) is 0 Å². The van der Waals surface area contributed by atoms with Crippen LogP contribution in [0.2, 0.25) is 0 Å². The van der Waals surface area contributed by atoms with Crippen molar-refractivity contribution < 1.29 is 4.74 Å². The molecule has 0 aliphatic carbocycles. The second-order valence-corrected chi connectivity index (χ2v) is 27.9. The zero-order valence-electron chi connectivity index (χ0n) is 57.6. The average molecular weight is 1350 g/mol.